The summed E-state index contributed by atoms with van der Waals surface area (Å²) in [6.07, 6.45) is 6.06. The van der Waals surface area contributed by atoms with Crippen molar-refractivity contribution in [3.8, 4) is 0 Å². The zero-order valence-electron chi connectivity index (χ0n) is 13.4. The molecule has 3 heterocycles. The Morgan fingerprint density at radius 3 is 2.78 bits per heavy atom. The summed E-state index contributed by atoms with van der Waals surface area (Å²) in [6.45, 7) is 2.59. The van der Waals surface area contributed by atoms with E-state index in [1.54, 1.807) is 0 Å². The third-order valence-corrected chi connectivity index (χ3v) is 4.65. The van der Waals surface area contributed by atoms with Crippen molar-refractivity contribution < 1.29 is 9.59 Å². The Labute approximate surface area is 134 Å². The number of nitrogens with one attached hydrogen (secondary N) is 1. The molecule has 2 aromatic rings. The molecule has 3 N–H and O–H groups in total. The van der Waals surface area contributed by atoms with E-state index in [4.69, 9.17) is 5.73 Å². The smallest absolute Gasteiger partial charge is 0.256 e. The first-order valence-electron chi connectivity index (χ1n) is 7.76. The molecule has 2 amide bonds. The van der Waals surface area contributed by atoms with E-state index < -0.39 is 5.91 Å². The van der Waals surface area contributed by atoms with Crippen LogP contribution < -0.4 is 5.73 Å². The van der Waals surface area contributed by atoms with E-state index >= 15 is 0 Å². The van der Waals surface area contributed by atoms with Gasteiger partial charge in [0.15, 0.2) is 0 Å². The van der Waals surface area contributed by atoms with Gasteiger partial charge in [-0.25, -0.2) is 0 Å². The lowest BCUT2D eigenvalue weighted by molar-refractivity contribution is 0.0602. The number of H-pyrrole nitrogens is 1. The molecule has 0 aromatic carbocycles. The number of amides is 2. The van der Waals surface area contributed by atoms with Crippen molar-refractivity contribution in [2.24, 2.45) is 12.8 Å². The number of hydrogen-bond acceptors (Lipinski definition) is 3. The van der Waals surface area contributed by atoms with Crippen LogP contribution in [0.5, 0.6) is 0 Å². The number of aromatic amines is 1. The number of piperidine rings is 1. The van der Waals surface area contributed by atoms with Gasteiger partial charge in [0.05, 0.1) is 29.1 Å². The second-order valence-electron chi connectivity index (χ2n) is 6.00. The minimum atomic E-state index is -0.525. The molecule has 1 aliphatic heterocycles. The van der Waals surface area contributed by atoms with E-state index in [9.17, 15) is 9.59 Å². The molecular formula is C16H21N5O2. The Bertz CT molecular complexity index is 745. The number of hydrogen-bond donors (Lipinski definition) is 2. The fourth-order valence-corrected chi connectivity index (χ4v) is 3.21. The number of rotatable bonds is 3. The standard InChI is InChI=1S/C16H21N5O2/c1-10-11(6-8-20(10)2)16(23)21-7-4-3-5-13(21)14-12(15(17)22)9-18-19-14/h6,8-9,13H,3-5,7H2,1-2H3,(H2,17,22)(H,18,19). The van der Waals surface area contributed by atoms with Gasteiger partial charge in [0.1, 0.15) is 0 Å². The van der Waals surface area contributed by atoms with Crippen LogP contribution in [0.2, 0.25) is 0 Å². The van der Waals surface area contributed by atoms with Gasteiger partial charge in [-0.05, 0) is 32.3 Å². The number of carbonyl (C=O) groups is 2. The molecular weight excluding hydrogens is 294 g/mol. The van der Waals surface area contributed by atoms with Crippen LogP contribution in [0.25, 0.3) is 0 Å². The first kappa shape index (κ1) is 15.3. The third kappa shape index (κ3) is 2.62. The molecule has 0 saturated carbocycles. The van der Waals surface area contributed by atoms with Gasteiger partial charge < -0.3 is 15.2 Å². The van der Waals surface area contributed by atoms with Crippen LogP contribution in [0.3, 0.4) is 0 Å². The van der Waals surface area contributed by atoms with Crippen LogP contribution in [-0.2, 0) is 7.05 Å². The second kappa shape index (κ2) is 5.91. The topological polar surface area (TPSA) is 97.0 Å². The Morgan fingerprint density at radius 2 is 2.13 bits per heavy atom. The van der Waals surface area contributed by atoms with E-state index in [0.717, 1.165) is 25.0 Å². The largest absolute Gasteiger partial charge is 0.365 e. The highest BCUT2D eigenvalue weighted by Crippen LogP contribution is 2.33. The van der Waals surface area contributed by atoms with E-state index in [1.807, 2.05) is 35.7 Å². The number of nitrogens with two attached hydrogens (primary N) is 1. The number of carbonyl (C=O) groups excluding carboxylic acids is 2. The van der Waals surface area contributed by atoms with Crippen molar-refractivity contribution in [1.29, 1.82) is 0 Å². The lowest BCUT2D eigenvalue weighted by Gasteiger charge is -2.35. The summed E-state index contributed by atoms with van der Waals surface area (Å²) in [4.78, 5) is 26.4. The fraction of sp³-hybridized carbons (Fsp3) is 0.438. The number of aromatic nitrogens is 3. The molecule has 1 aliphatic rings. The fourth-order valence-electron chi connectivity index (χ4n) is 3.21. The number of likely N-dealkylation sites (tertiary alicyclic amines) is 1. The Kier molecular flexibility index (Phi) is 3.94. The Morgan fingerprint density at radius 1 is 1.35 bits per heavy atom. The molecule has 23 heavy (non-hydrogen) atoms. The lowest BCUT2D eigenvalue weighted by Crippen LogP contribution is -2.39. The average molecular weight is 315 g/mol. The summed E-state index contributed by atoms with van der Waals surface area (Å²) in [5.41, 5.74) is 8.04. The number of nitrogens with zero attached hydrogens (tertiary/aromatic N) is 3. The van der Waals surface area contributed by atoms with Crippen LogP contribution in [0.15, 0.2) is 18.5 Å². The second-order valence-corrected chi connectivity index (χ2v) is 6.00. The quantitative estimate of drug-likeness (QED) is 0.898. The summed E-state index contributed by atoms with van der Waals surface area (Å²) in [6, 6.07) is 1.64. The maximum atomic E-state index is 13.0. The summed E-state index contributed by atoms with van der Waals surface area (Å²) >= 11 is 0. The van der Waals surface area contributed by atoms with Crippen LogP contribution >= 0.6 is 0 Å². The number of primary amides is 1. The molecule has 0 spiro atoms. The maximum Gasteiger partial charge on any atom is 0.256 e. The molecule has 1 unspecified atom stereocenters. The van der Waals surface area contributed by atoms with Gasteiger partial charge in [0.2, 0.25) is 0 Å². The minimum absolute atomic E-state index is 0.0159. The third-order valence-electron chi connectivity index (χ3n) is 4.65. The monoisotopic (exact) mass is 315 g/mol. The summed E-state index contributed by atoms with van der Waals surface area (Å²) < 4.78 is 1.93. The van der Waals surface area contributed by atoms with Crippen molar-refractivity contribution >= 4 is 11.8 Å². The van der Waals surface area contributed by atoms with E-state index in [2.05, 4.69) is 10.2 Å². The molecule has 122 valence electrons. The molecule has 0 bridgehead atoms. The van der Waals surface area contributed by atoms with E-state index in [1.165, 1.54) is 6.20 Å². The summed E-state index contributed by atoms with van der Waals surface area (Å²) in [7, 11) is 1.92. The normalized spacial score (nSPS) is 18.2. The van der Waals surface area contributed by atoms with Gasteiger partial charge in [-0.3, -0.25) is 14.7 Å². The molecule has 1 fully saturated rings. The van der Waals surface area contributed by atoms with E-state index in [-0.39, 0.29) is 11.9 Å². The van der Waals surface area contributed by atoms with Gasteiger partial charge in [-0.15, -0.1) is 0 Å². The zero-order valence-corrected chi connectivity index (χ0v) is 13.4. The maximum absolute atomic E-state index is 13.0. The molecule has 3 rings (SSSR count). The Hall–Kier alpha value is -2.57. The van der Waals surface area contributed by atoms with Gasteiger partial charge in [0, 0.05) is 25.5 Å². The molecule has 0 aliphatic carbocycles. The summed E-state index contributed by atoms with van der Waals surface area (Å²) in [5, 5.41) is 6.80. The van der Waals surface area contributed by atoms with Crippen LogP contribution in [0, 0.1) is 6.92 Å². The first-order chi connectivity index (χ1) is 11.0. The number of aryl methyl sites for hydroxylation is 1. The minimum Gasteiger partial charge on any atom is -0.365 e. The Balaban J connectivity index is 1.96. The molecule has 1 atom stereocenters. The predicted octanol–water partition coefficient (Wildman–Crippen LogP) is 1.52. The molecule has 7 nitrogen and oxygen atoms in total. The van der Waals surface area contributed by atoms with Crippen LogP contribution in [-0.4, -0.2) is 38.0 Å². The molecule has 0 radical (unpaired) electrons. The predicted molar refractivity (Wildman–Crippen MR) is 84.9 cm³/mol. The highest BCUT2D eigenvalue weighted by Gasteiger charge is 2.33. The molecule has 2 aromatic heterocycles. The van der Waals surface area contributed by atoms with Crippen molar-refractivity contribution in [3.63, 3.8) is 0 Å². The molecule has 1 saturated heterocycles. The first-order valence-corrected chi connectivity index (χ1v) is 7.76. The van der Waals surface area contributed by atoms with Crippen molar-refractivity contribution in [3.05, 3.63) is 41.0 Å². The van der Waals surface area contributed by atoms with E-state index in [0.29, 0.717) is 23.4 Å². The average Bonchev–Trinajstić information content (AvgIpc) is 3.15. The SMILES string of the molecule is Cc1c(C(=O)N2CCCCC2c2[nH]ncc2C(N)=O)ccn1C. The highest BCUT2D eigenvalue weighted by atomic mass is 16.2. The van der Waals surface area contributed by atoms with Gasteiger partial charge in [-0.1, -0.05) is 0 Å². The van der Waals surface area contributed by atoms with Crippen molar-refractivity contribution in [2.75, 3.05) is 6.54 Å². The van der Waals surface area contributed by atoms with Crippen LogP contribution in [0.4, 0.5) is 0 Å². The van der Waals surface area contributed by atoms with Gasteiger partial charge in [-0.2, -0.15) is 5.10 Å². The van der Waals surface area contributed by atoms with Gasteiger partial charge >= 0.3 is 0 Å². The van der Waals surface area contributed by atoms with Gasteiger partial charge in [0.25, 0.3) is 11.8 Å². The highest BCUT2D eigenvalue weighted by molar-refractivity contribution is 5.97. The van der Waals surface area contributed by atoms with Crippen molar-refractivity contribution in [2.45, 2.75) is 32.2 Å². The van der Waals surface area contributed by atoms with Crippen LogP contribution in [0.1, 0.15) is 57.4 Å². The lowest BCUT2D eigenvalue weighted by atomic mass is 9.96. The summed E-state index contributed by atoms with van der Waals surface area (Å²) in [5.74, 6) is -0.541. The van der Waals surface area contributed by atoms with Crippen molar-refractivity contribution in [1.82, 2.24) is 19.7 Å². The molecule has 7 heteroatoms. The zero-order chi connectivity index (χ0) is 16.6.